The number of hydrogen-bond donors (Lipinski definition) is 0. The van der Waals surface area contributed by atoms with Gasteiger partial charge in [0.1, 0.15) is 17.2 Å². The van der Waals surface area contributed by atoms with Gasteiger partial charge in [0, 0.05) is 56.7 Å². The van der Waals surface area contributed by atoms with E-state index in [0.717, 1.165) is 42.7 Å². The topological polar surface area (TPSA) is 61.6 Å². The van der Waals surface area contributed by atoms with Crippen molar-refractivity contribution < 1.29 is 9.47 Å². The minimum atomic E-state index is -0.491. The Morgan fingerprint density at radius 2 is 1.76 bits per heavy atom. The number of benzene rings is 2. The van der Waals surface area contributed by atoms with Crippen LogP contribution in [0.4, 0.5) is 5.69 Å². The van der Waals surface area contributed by atoms with Crippen LogP contribution in [0.5, 0.6) is 5.88 Å². The standard InChI is InChI=1S/C28H34N4O2/c1-5-33-17-11-28(2,3)34-27-26(20-29)25(10-12-30-27)23-7-6-22-19-24(9-8-21(22)18-23)32-15-13-31(4)14-16-32/h6-10,12,18-19H,5,11,13-17H2,1-4H3. The largest absolute Gasteiger partial charge is 0.471 e. The highest BCUT2D eigenvalue weighted by molar-refractivity contribution is 5.90. The molecule has 3 aromatic rings. The average Bonchev–Trinajstić information content (AvgIpc) is 2.83. The molecule has 34 heavy (non-hydrogen) atoms. The summed E-state index contributed by atoms with van der Waals surface area (Å²) >= 11 is 0. The van der Waals surface area contributed by atoms with Gasteiger partial charge in [0.15, 0.2) is 0 Å². The molecule has 178 valence electrons. The highest BCUT2D eigenvalue weighted by atomic mass is 16.5. The lowest BCUT2D eigenvalue weighted by atomic mass is 9.98. The van der Waals surface area contributed by atoms with E-state index in [4.69, 9.17) is 9.47 Å². The van der Waals surface area contributed by atoms with Gasteiger partial charge in [-0.3, -0.25) is 0 Å². The summed E-state index contributed by atoms with van der Waals surface area (Å²) in [5.74, 6) is 0.368. The lowest BCUT2D eigenvalue weighted by molar-refractivity contribution is 0.0471. The predicted octanol–water partition coefficient (Wildman–Crippen LogP) is 5.11. The van der Waals surface area contributed by atoms with Crippen LogP contribution in [0.1, 0.15) is 32.8 Å². The predicted molar refractivity (Wildman–Crippen MR) is 137 cm³/mol. The van der Waals surface area contributed by atoms with Crippen LogP contribution in [0.15, 0.2) is 48.7 Å². The van der Waals surface area contributed by atoms with Gasteiger partial charge < -0.3 is 19.3 Å². The van der Waals surface area contributed by atoms with Crippen LogP contribution in [0, 0.1) is 11.3 Å². The van der Waals surface area contributed by atoms with Crippen molar-refractivity contribution in [3.63, 3.8) is 0 Å². The Hall–Kier alpha value is -3.14. The molecule has 0 radical (unpaired) electrons. The van der Waals surface area contributed by atoms with Crippen LogP contribution in [-0.2, 0) is 4.74 Å². The number of hydrogen-bond acceptors (Lipinski definition) is 6. The van der Waals surface area contributed by atoms with Crippen molar-refractivity contribution in [2.45, 2.75) is 32.8 Å². The number of likely N-dealkylation sites (N-methyl/N-ethyl adjacent to an activating group) is 1. The molecule has 1 aromatic heterocycles. The fraction of sp³-hybridized carbons (Fsp3) is 0.429. The van der Waals surface area contributed by atoms with Gasteiger partial charge in [-0.25, -0.2) is 4.98 Å². The maximum Gasteiger partial charge on any atom is 0.232 e. The molecule has 0 N–H and O–H groups in total. The number of nitrogens with zero attached hydrogens (tertiary/aromatic N) is 4. The molecule has 0 saturated carbocycles. The summed E-state index contributed by atoms with van der Waals surface area (Å²) in [4.78, 5) is 9.20. The van der Waals surface area contributed by atoms with E-state index >= 15 is 0 Å². The Kier molecular flexibility index (Phi) is 7.35. The fourth-order valence-electron chi connectivity index (χ4n) is 4.31. The van der Waals surface area contributed by atoms with Gasteiger partial charge in [0.2, 0.25) is 5.88 Å². The average molecular weight is 459 g/mol. The lowest BCUT2D eigenvalue weighted by Crippen LogP contribution is -2.44. The minimum absolute atomic E-state index is 0.368. The van der Waals surface area contributed by atoms with E-state index in [1.165, 1.54) is 11.1 Å². The van der Waals surface area contributed by atoms with Gasteiger partial charge in [-0.05, 0) is 68.4 Å². The van der Waals surface area contributed by atoms with Crippen LogP contribution < -0.4 is 9.64 Å². The number of piperazine rings is 1. The number of fused-ring (bicyclic) bond motifs is 1. The smallest absolute Gasteiger partial charge is 0.232 e. The lowest BCUT2D eigenvalue weighted by Gasteiger charge is -2.34. The van der Waals surface area contributed by atoms with E-state index < -0.39 is 5.60 Å². The maximum atomic E-state index is 9.98. The number of anilines is 1. The van der Waals surface area contributed by atoms with E-state index in [-0.39, 0.29) is 0 Å². The molecule has 4 rings (SSSR count). The van der Waals surface area contributed by atoms with E-state index in [0.29, 0.717) is 31.1 Å². The third kappa shape index (κ3) is 5.49. The number of ether oxygens (including phenoxy) is 2. The number of pyridine rings is 1. The summed E-state index contributed by atoms with van der Waals surface area (Å²) in [6.07, 6.45) is 2.42. The zero-order valence-corrected chi connectivity index (χ0v) is 20.7. The van der Waals surface area contributed by atoms with Crippen molar-refractivity contribution in [3.05, 3.63) is 54.2 Å². The molecule has 2 aromatic carbocycles. The monoisotopic (exact) mass is 458 g/mol. The SMILES string of the molecule is CCOCCC(C)(C)Oc1nccc(-c2ccc3cc(N4CCN(C)CC4)ccc3c2)c1C#N. The normalized spacial score (nSPS) is 14.9. The van der Waals surface area contributed by atoms with E-state index in [9.17, 15) is 5.26 Å². The second-order valence-electron chi connectivity index (χ2n) is 9.50. The summed E-state index contributed by atoms with van der Waals surface area (Å²) < 4.78 is 11.7. The van der Waals surface area contributed by atoms with E-state index in [2.05, 4.69) is 64.3 Å². The van der Waals surface area contributed by atoms with Crippen LogP contribution >= 0.6 is 0 Å². The van der Waals surface area contributed by atoms with E-state index in [1.54, 1.807) is 6.20 Å². The van der Waals surface area contributed by atoms with Gasteiger partial charge in [-0.1, -0.05) is 18.2 Å². The second kappa shape index (κ2) is 10.4. The van der Waals surface area contributed by atoms with Gasteiger partial charge in [-0.15, -0.1) is 0 Å². The first-order valence-electron chi connectivity index (χ1n) is 12.0. The van der Waals surface area contributed by atoms with Crippen molar-refractivity contribution in [1.82, 2.24) is 9.88 Å². The molecular formula is C28H34N4O2. The molecule has 1 saturated heterocycles. The number of aromatic nitrogens is 1. The van der Waals surface area contributed by atoms with Gasteiger partial charge in [0.25, 0.3) is 0 Å². The molecule has 6 heteroatoms. The summed E-state index contributed by atoms with van der Waals surface area (Å²) in [6.45, 7) is 11.5. The highest BCUT2D eigenvalue weighted by Crippen LogP contribution is 2.33. The maximum absolute atomic E-state index is 9.98. The minimum Gasteiger partial charge on any atom is -0.471 e. The van der Waals surface area contributed by atoms with Gasteiger partial charge >= 0.3 is 0 Å². The Morgan fingerprint density at radius 3 is 2.50 bits per heavy atom. The first kappa shape index (κ1) is 24.0. The Morgan fingerprint density at radius 1 is 1.03 bits per heavy atom. The van der Waals surface area contributed by atoms with Gasteiger partial charge in [0.05, 0.1) is 6.61 Å². The zero-order valence-electron chi connectivity index (χ0n) is 20.7. The van der Waals surface area contributed by atoms with Crippen LogP contribution in [0.2, 0.25) is 0 Å². The molecular weight excluding hydrogens is 424 g/mol. The Labute approximate surface area is 202 Å². The van der Waals surface area contributed by atoms with Crippen molar-refractivity contribution >= 4 is 16.5 Å². The Balaban J connectivity index is 1.60. The third-order valence-electron chi connectivity index (χ3n) is 6.46. The molecule has 0 amide bonds. The van der Waals surface area contributed by atoms with Crippen molar-refractivity contribution in [2.24, 2.45) is 0 Å². The highest BCUT2D eigenvalue weighted by Gasteiger charge is 2.24. The molecule has 0 spiro atoms. The zero-order chi connectivity index (χ0) is 24.1. The molecule has 1 fully saturated rings. The summed E-state index contributed by atoms with van der Waals surface area (Å²) in [5.41, 5.74) is 3.05. The molecule has 0 aliphatic carbocycles. The fourth-order valence-corrected chi connectivity index (χ4v) is 4.31. The number of rotatable bonds is 8. The first-order chi connectivity index (χ1) is 16.4. The number of nitriles is 1. The third-order valence-corrected chi connectivity index (χ3v) is 6.46. The van der Waals surface area contributed by atoms with Gasteiger partial charge in [-0.2, -0.15) is 5.26 Å². The molecule has 0 bridgehead atoms. The van der Waals surface area contributed by atoms with Crippen molar-refractivity contribution in [3.8, 4) is 23.1 Å². The molecule has 1 aliphatic rings. The Bertz CT molecular complexity index is 1180. The molecule has 1 aliphatic heterocycles. The summed E-state index contributed by atoms with van der Waals surface area (Å²) in [7, 11) is 2.17. The van der Waals surface area contributed by atoms with Crippen molar-refractivity contribution in [1.29, 1.82) is 5.26 Å². The molecule has 2 heterocycles. The molecule has 0 atom stereocenters. The van der Waals surface area contributed by atoms with Crippen LogP contribution in [0.25, 0.3) is 21.9 Å². The van der Waals surface area contributed by atoms with Crippen molar-refractivity contribution in [2.75, 3.05) is 51.3 Å². The summed E-state index contributed by atoms with van der Waals surface area (Å²) in [6, 6.07) is 17.2. The quantitative estimate of drug-likeness (QED) is 0.437. The molecule has 6 nitrogen and oxygen atoms in total. The second-order valence-corrected chi connectivity index (χ2v) is 9.50. The van der Waals surface area contributed by atoms with E-state index in [1.807, 2.05) is 26.8 Å². The van der Waals surface area contributed by atoms with Crippen LogP contribution in [0.3, 0.4) is 0 Å². The molecule has 0 unspecified atom stereocenters. The summed E-state index contributed by atoms with van der Waals surface area (Å²) in [5, 5.41) is 12.3. The first-order valence-corrected chi connectivity index (χ1v) is 12.0. The van der Waals surface area contributed by atoms with Crippen LogP contribution in [-0.4, -0.2) is 61.9 Å².